The van der Waals surface area contributed by atoms with Gasteiger partial charge >= 0.3 is 6.01 Å². The van der Waals surface area contributed by atoms with Gasteiger partial charge in [-0.05, 0) is 44.2 Å². The van der Waals surface area contributed by atoms with Crippen molar-refractivity contribution in [3.05, 3.63) is 64.4 Å². The molecular formula is C21H22Cl2N4O4S. The van der Waals surface area contributed by atoms with Crippen LogP contribution < -0.4 is 14.8 Å². The van der Waals surface area contributed by atoms with E-state index in [1.54, 1.807) is 42.0 Å². The lowest BCUT2D eigenvalue weighted by atomic mass is 10.3. The molecule has 170 valence electrons. The summed E-state index contributed by atoms with van der Waals surface area (Å²) in [6.45, 7) is 5.52. The molecule has 1 heterocycles. The molecule has 0 aliphatic carbocycles. The molecule has 1 unspecified atom stereocenters. The number of anilines is 1. The predicted molar refractivity (Wildman–Crippen MR) is 124 cm³/mol. The normalized spacial score (nSPS) is 12.4. The van der Waals surface area contributed by atoms with Gasteiger partial charge in [-0.1, -0.05) is 29.3 Å². The van der Waals surface area contributed by atoms with Crippen LogP contribution in [0, 0.1) is 0 Å². The van der Waals surface area contributed by atoms with Gasteiger partial charge in [0.25, 0.3) is 0 Å². The molecule has 0 aliphatic heterocycles. The van der Waals surface area contributed by atoms with E-state index in [2.05, 4.69) is 15.0 Å². The Morgan fingerprint density at radius 1 is 1.19 bits per heavy atom. The fraction of sp³-hybridized carbons (Fsp3) is 0.238. The fourth-order valence-corrected chi connectivity index (χ4v) is 4.67. The first kappa shape index (κ1) is 24.1. The van der Waals surface area contributed by atoms with E-state index in [9.17, 15) is 13.2 Å². The summed E-state index contributed by atoms with van der Waals surface area (Å²) < 4.78 is 35.9. The zero-order valence-corrected chi connectivity index (χ0v) is 19.9. The van der Waals surface area contributed by atoms with Crippen molar-refractivity contribution in [1.29, 1.82) is 0 Å². The van der Waals surface area contributed by atoms with E-state index < -0.39 is 16.1 Å². The third-order valence-electron chi connectivity index (χ3n) is 4.51. The first-order valence-corrected chi connectivity index (χ1v) is 11.9. The van der Waals surface area contributed by atoms with Crippen LogP contribution in [0.25, 0.3) is 0 Å². The van der Waals surface area contributed by atoms with E-state index in [4.69, 9.17) is 27.9 Å². The summed E-state index contributed by atoms with van der Waals surface area (Å²) >= 11 is 11.8. The van der Waals surface area contributed by atoms with Gasteiger partial charge in [-0.2, -0.15) is 0 Å². The largest absolute Gasteiger partial charge is 0.425 e. The predicted octanol–water partition coefficient (Wildman–Crippen LogP) is 5.00. The average molecular weight is 497 g/mol. The summed E-state index contributed by atoms with van der Waals surface area (Å²) in [7, 11) is -3.85. The highest BCUT2D eigenvalue weighted by Gasteiger charge is 2.23. The molecule has 0 spiro atoms. The molecule has 3 aromatic rings. The number of ether oxygens (including phenoxy) is 1. The van der Waals surface area contributed by atoms with Crippen LogP contribution in [-0.2, 0) is 21.4 Å². The average Bonchev–Trinajstić information content (AvgIpc) is 3.12. The lowest BCUT2D eigenvalue weighted by molar-refractivity contribution is -0.114. The van der Waals surface area contributed by atoms with Crippen molar-refractivity contribution in [2.24, 2.45) is 0 Å². The standard InChI is InChI=1S/C21H22Cl2N4O4S/c1-4-27-20(13(2)26-32(29,30)17-8-9-18(22)19(23)11-17)12-24-21(27)31-16-7-5-6-15(10-16)25-14(3)28/h5-13,26H,4H2,1-3H3,(H,25,28). The number of amides is 1. The van der Waals surface area contributed by atoms with Crippen LogP contribution in [0.1, 0.15) is 32.5 Å². The van der Waals surface area contributed by atoms with Crippen molar-refractivity contribution in [1.82, 2.24) is 14.3 Å². The maximum absolute atomic E-state index is 12.8. The van der Waals surface area contributed by atoms with E-state index in [1.807, 2.05) is 6.92 Å². The van der Waals surface area contributed by atoms with Crippen LogP contribution in [0.5, 0.6) is 11.8 Å². The minimum atomic E-state index is -3.85. The van der Waals surface area contributed by atoms with E-state index in [1.165, 1.54) is 25.1 Å². The summed E-state index contributed by atoms with van der Waals surface area (Å²) in [5.74, 6) is 0.287. The molecule has 0 bridgehead atoms. The topological polar surface area (TPSA) is 102 Å². The Morgan fingerprint density at radius 2 is 1.94 bits per heavy atom. The highest BCUT2D eigenvalue weighted by Crippen LogP contribution is 2.28. The molecule has 0 saturated carbocycles. The second-order valence-electron chi connectivity index (χ2n) is 6.94. The summed E-state index contributed by atoms with van der Waals surface area (Å²) in [5.41, 5.74) is 1.21. The molecule has 8 nitrogen and oxygen atoms in total. The van der Waals surface area contributed by atoms with Crippen LogP contribution >= 0.6 is 23.2 Å². The Bertz CT molecular complexity index is 1240. The third-order valence-corrected chi connectivity index (χ3v) is 6.78. The molecule has 0 fully saturated rings. The number of hydrogen-bond acceptors (Lipinski definition) is 5. The van der Waals surface area contributed by atoms with Gasteiger partial charge in [0.05, 0.1) is 32.9 Å². The Balaban J connectivity index is 1.82. The van der Waals surface area contributed by atoms with Crippen molar-refractivity contribution in [2.75, 3.05) is 5.32 Å². The van der Waals surface area contributed by atoms with Crippen LogP contribution in [0.15, 0.2) is 53.6 Å². The van der Waals surface area contributed by atoms with Gasteiger partial charge < -0.3 is 10.1 Å². The molecule has 1 atom stereocenters. The van der Waals surface area contributed by atoms with Crippen molar-refractivity contribution < 1.29 is 17.9 Å². The number of hydrogen-bond donors (Lipinski definition) is 2. The van der Waals surface area contributed by atoms with E-state index >= 15 is 0 Å². The van der Waals surface area contributed by atoms with Crippen LogP contribution in [0.4, 0.5) is 5.69 Å². The smallest absolute Gasteiger partial charge is 0.302 e. The Hall–Kier alpha value is -2.59. The molecule has 0 radical (unpaired) electrons. The van der Waals surface area contributed by atoms with Gasteiger partial charge in [-0.15, -0.1) is 0 Å². The maximum Gasteiger partial charge on any atom is 0.302 e. The van der Waals surface area contributed by atoms with Crippen molar-refractivity contribution >= 4 is 44.8 Å². The van der Waals surface area contributed by atoms with Crippen molar-refractivity contribution in [2.45, 2.75) is 38.3 Å². The molecule has 2 aromatic carbocycles. The summed E-state index contributed by atoms with van der Waals surface area (Å²) in [5, 5.41) is 3.11. The Kier molecular flexibility index (Phi) is 7.45. The number of nitrogens with zero attached hydrogens (tertiary/aromatic N) is 2. The molecule has 32 heavy (non-hydrogen) atoms. The quantitative estimate of drug-likeness (QED) is 0.456. The lowest BCUT2D eigenvalue weighted by Crippen LogP contribution is -2.28. The number of imidazole rings is 1. The second kappa shape index (κ2) is 9.91. The van der Waals surface area contributed by atoms with Crippen LogP contribution in [-0.4, -0.2) is 23.9 Å². The zero-order valence-electron chi connectivity index (χ0n) is 17.6. The molecule has 2 N–H and O–H groups in total. The highest BCUT2D eigenvalue weighted by atomic mass is 35.5. The first-order chi connectivity index (χ1) is 15.1. The highest BCUT2D eigenvalue weighted by molar-refractivity contribution is 7.89. The van der Waals surface area contributed by atoms with E-state index in [0.29, 0.717) is 29.7 Å². The second-order valence-corrected chi connectivity index (χ2v) is 9.47. The number of sulfonamides is 1. The third kappa shape index (κ3) is 5.60. The molecule has 0 aliphatic rings. The SMILES string of the molecule is CCn1c(C(C)NS(=O)(=O)c2ccc(Cl)c(Cl)c2)cnc1Oc1cccc(NC(C)=O)c1. The van der Waals surface area contributed by atoms with Gasteiger partial charge in [-0.25, -0.2) is 18.1 Å². The summed E-state index contributed by atoms with van der Waals surface area (Å²) in [6, 6.07) is 10.7. The Labute approximate surface area is 196 Å². The van der Waals surface area contributed by atoms with Crippen LogP contribution in [0.3, 0.4) is 0 Å². The molecule has 3 rings (SSSR count). The molecule has 0 saturated heterocycles. The zero-order chi connectivity index (χ0) is 23.5. The maximum atomic E-state index is 12.8. The summed E-state index contributed by atoms with van der Waals surface area (Å²) in [6.07, 6.45) is 1.55. The lowest BCUT2D eigenvalue weighted by Gasteiger charge is -2.17. The van der Waals surface area contributed by atoms with Gasteiger partial charge in [-0.3, -0.25) is 9.36 Å². The number of carbonyl (C=O) groups is 1. The van der Waals surface area contributed by atoms with Gasteiger partial charge in [0.1, 0.15) is 5.75 Å². The number of halogens is 2. The minimum absolute atomic E-state index is 0.00701. The van der Waals surface area contributed by atoms with Crippen molar-refractivity contribution in [3.63, 3.8) is 0 Å². The number of nitrogens with one attached hydrogen (secondary N) is 2. The molecule has 1 aromatic heterocycles. The number of aromatic nitrogens is 2. The van der Waals surface area contributed by atoms with Gasteiger partial charge in [0.15, 0.2) is 0 Å². The van der Waals surface area contributed by atoms with Crippen molar-refractivity contribution in [3.8, 4) is 11.8 Å². The molecule has 11 heteroatoms. The number of benzene rings is 2. The first-order valence-electron chi connectivity index (χ1n) is 9.69. The minimum Gasteiger partial charge on any atom is -0.425 e. The molecule has 1 amide bonds. The van der Waals surface area contributed by atoms with E-state index in [0.717, 1.165) is 0 Å². The molecular weight excluding hydrogens is 475 g/mol. The van der Waals surface area contributed by atoms with E-state index in [-0.39, 0.29) is 20.8 Å². The Morgan fingerprint density at radius 3 is 2.59 bits per heavy atom. The monoisotopic (exact) mass is 496 g/mol. The number of carbonyl (C=O) groups excluding carboxylic acids is 1. The van der Waals surface area contributed by atoms with Gasteiger partial charge in [0, 0.05) is 25.2 Å². The summed E-state index contributed by atoms with van der Waals surface area (Å²) in [4.78, 5) is 15.6. The fourth-order valence-electron chi connectivity index (χ4n) is 3.07. The van der Waals surface area contributed by atoms with Crippen LogP contribution in [0.2, 0.25) is 10.0 Å². The number of rotatable bonds is 8. The van der Waals surface area contributed by atoms with Gasteiger partial charge in [0.2, 0.25) is 15.9 Å².